The van der Waals surface area contributed by atoms with Crippen LogP contribution in [0.1, 0.15) is 214 Å². The third-order valence-electron chi connectivity index (χ3n) is 26.6. The van der Waals surface area contributed by atoms with Crippen LogP contribution in [0.4, 0.5) is 0 Å². The third kappa shape index (κ3) is 21.1. The highest BCUT2D eigenvalue weighted by molar-refractivity contribution is 7.90. The van der Waals surface area contributed by atoms with Crippen molar-refractivity contribution in [2.75, 3.05) is 64.9 Å². The van der Waals surface area contributed by atoms with Crippen LogP contribution in [-0.2, 0) is 48.4 Å². The molecular formula is C104H116N20O11S. The lowest BCUT2D eigenvalue weighted by atomic mass is 9.96. The van der Waals surface area contributed by atoms with E-state index in [9.17, 15) is 13.5 Å². The van der Waals surface area contributed by atoms with Crippen molar-refractivity contribution in [2.24, 2.45) is 0 Å². The molecule has 0 radical (unpaired) electrons. The molecule has 8 fully saturated rings. The number of fused-ring (bicyclic) bond motifs is 4. The highest BCUT2D eigenvalue weighted by Gasteiger charge is 2.36. The highest BCUT2D eigenvalue weighted by Crippen LogP contribution is 2.48. The van der Waals surface area contributed by atoms with Crippen molar-refractivity contribution in [1.29, 1.82) is 0 Å². The van der Waals surface area contributed by atoms with E-state index in [1.54, 1.807) is 41.8 Å². The van der Waals surface area contributed by atoms with Crippen molar-refractivity contribution < 1.29 is 51.4 Å². The number of benzene rings is 4. The molecule has 24 rings (SSSR count). The van der Waals surface area contributed by atoms with Gasteiger partial charge in [0.1, 0.15) is 55.6 Å². The second-order valence-corrected chi connectivity index (χ2v) is 40.5. The molecule has 136 heavy (non-hydrogen) atoms. The molecule has 4 saturated heterocycles. The van der Waals surface area contributed by atoms with Gasteiger partial charge in [-0.15, -0.1) is 0 Å². The van der Waals surface area contributed by atoms with Gasteiger partial charge in [-0.25, -0.2) is 8.42 Å². The van der Waals surface area contributed by atoms with Gasteiger partial charge in [0.2, 0.25) is 0 Å². The van der Waals surface area contributed by atoms with Gasteiger partial charge in [0.05, 0.1) is 120 Å². The smallest absolute Gasteiger partial charge is 0.168 e. The topological polar surface area (TPSA) is 322 Å². The standard InChI is InChI=1S/C27H31N5O3.C26H29N5O4S.C26H29N5O2.C25H27N5O2/c1-27(2,33)17-31-15-20(14-29-31)19-3-6-22-23(13-19)28-10-7-24(22)35-25-16-32(21-4-5-21)30-26(25)18-8-11-34-12-9-18;1-36(32,33)13-10-30-16-20(15-28-30)19-2-5-22-23(14-19)27-9-6-24(22)35-25-17-31(21-3-4-21)29-26(25)18-7-11-34-12-8-18;1-17(2)30-15-20(14-28-30)19-3-6-22-23(13-19)27-10-7-24(22)33-25-16-31(21-4-5-21)29-26(25)18-8-11-32-12-9-18;1-2-29-15-19(14-27-29)18-3-6-21-22(13-18)26-10-7-23(21)32-24-16-30(20-4-5-20)28-25(24)17-8-11-31-12-9-17/h3,6-7,10,13-16,18,21,33H,4-5,8-9,11-12,17H2,1-2H3;2,5-6,9,14-18,21H,3-4,7-8,10-13H2,1H3;3,6-7,10,13-18,21H,4-5,8-9,11-12H2,1-2H3;3,6-7,10,13-17,20H,2,4-5,8-9,11-12H2,1H3. The minimum Gasteiger partial charge on any atom is -0.453 e. The maximum absolute atomic E-state index is 11.5. The lowest BCUT2D eigenvalue weighted by Gasteiger charge is -2.21. The molecule has 704 valence electrons. The van der Waals surface area contributed by atoms with E-state index in [0.717, 1.165) is 268 Å². The van der Waals surface area contributed by atoms with Crippen LogP contribution in [0.5, 0.6) is 46.0 Å². The van der Waals surface area contributed by atoms with Crippen molar-refractivity contribution in [2.45, 2.75) is 216 Å². The molecule has 31 nitrogen and oxygen atoms in total. The van der Waals surface area contributed by atoms with Crippen LogP contribution in [0.2, 0.25) is 0 Å². The van der Waals surface area contributed by atoms with E-state index in [0.29, 0.717) is 67.0 Å². The molecule has 0 spiro atoms. The molecule has 16 heterocycles. The summed E-state index contributed by atoms with van der Waals surface area (Å²) in [5.41, 5.74) is 15.1. The number of sulfone groups is 1. The van der Waals surface area contributed by atoms with Gasteiger partial charge in [-0.1, -0.05) is 24.3 Å². The van der Waals surface area contributed by atoms with E-state index in [4.69, 9.17) is 58.3 Å². The van der Waals surface area contributed by atoms with E-state index in [2.05, 4.69) is 165 Å². The Hall–Kier alpha value is -12.9. The summed E-state index contributed by atoms with van der Waals surface area (Å²) in [4.78, 5) is 18.4. The molecule has 1 N–H and O–H groups in total. The van der Waals surface area contributed by atoms with Crippen LogP contribution >= 0.6 is 0 Å². The van der Waals surface area contributed by atoms with E-state index in [-0.39, 0.29) is 5.75 Å². The summed E-state index contributed by atoms with van der Waals surface area (Å²) in [7, 11) is -3.04. The normalized spacial score (nSPS) is 17.1. The van der Waals surface area contributed by atoms with Crippen molar-refractivity contribution in [3.8, 4) is 90.5 Å². The molecule has 0 bridgehead atoms. The van der Waals surface area contributed by atoms with E-state index in [1.807, 2.05) is 101 Å². The van der Waals surface area contributed by atoms with Gasteiger partial charge in [0, 0.05) is 189 Å². The van der Waals surface area contributed by atoms with Crippen LogP contribution in [-0.4, -0.2) is 182 Å². The first-order valence-electron chi connectivity index (χ1n) is 48.3. The zero-order valence-corrected chi connectivity index (χ0v) is 78.7. The molecule has 32 heteroatoms. The predicted molar refractivity (Wildman–Crippen MR) is 517 cm³/mol. The van der Waals surface area contributed by atoms with Gasteiger partial charge in [0.15, 0.2) is 23.0 Å². The first-order valence-corrected chi connectivity index (χ1v) is 50.3. The lowest BCUT2D eigenvalue weighted by Crippen LogP contribution is -2.26. The van der Waals surface area contributed by atoms with Crippen LogP contribution in [0.3, 0.4) is 0 Å². The summed E-state index contributed by atoms with van der Waals surface area (Å²) < 4.78 is 87.0. The summed E-state index contributed by atoms with van der Waals surface area (Å²) in [5.74, 6) is 8.07. The Morgan fingerprint density at radius 3 is 0.934 bits per heavy atom. The zero-order valence-electron chi connectivity index (χ0n) is 77.9. The zero-order chi connectivity index (χ0) is 92.5. The quantitative estimate of drug-likeness (QED) is 0.0500. The highest BCUT2D eigenvalue weighted by atomic mass is 32.2. The number of ether oxygens (including phenoxy) is 8. The summed E-state index contributed by atoms with van der Waals surface area (Å²) >= 11 is 0. The molecule has 0 atom stereocenters. The second kappa shape index (κ2) is 39.1. The van der Waals surface area contributed by atoms with Gasteiger partial charge in [-0.2, -0.15) is 40.8 Å². The summed E-state index contributed by atoms with van der Waals surface area (Å²) in [6.07, 6.45) is 49.3. The summed E-state index contributed by atoms with van der Waals surface area (Å²) in [5, 5.41) is 51.3. The molecule has 4 aliphatic carbocycles. The Bertz CT molecular complexity index is 7040. The number of aryl methyl sites for hydroxylation is 2. The van der Waals surface area contributed by atoms with Crippen LogP contribution in [0.25, 0.3) is 88.1 Å². The molecule has 4 aromatic carbocycles. The Labute approximate surface area is 789 Å². The van der Waals surface area contributed by atoms with Crippen LogP contribution < -0.4 is 18.9 Å². The Kier molecular flexibility index (Phi) is 25.8. The van der Waals surface area contributed by atoms with E-state index < -0.39 is 15.4 Å². The average Bonchev–Trinajstić information content (AvgIpc) is 1.67. The number of pyridine rings is 4. The van der Waals surface area contributed by atoms with Gasteiger partial charge >= 0.3 is 0 Å². The number of aliphatic hydroxyl groups is 1. The molecule has 12 aromatic heterocycles. The number of hydrogen-bond acceptors (Lipinski definition) is 23. The molecular weight excluding hydrogens is 1740 g/mol. The molecule has 4 saturated carbocycles. The van der Waals surface area contributed by atoms with Crippen LogP contribution in [0.15, 0.2) is 196 Å². The maximum atomic E-state index is 11.5. The minimum absolute atomic E-state index is 0.0568. The fourth-order valence-corrected chi connectivity index (χ4v) is 18.9. The van der Waals surface area contributed by atoms with Crippen molar-refractivity contribution in [3.05, 3.63) is 219 Å². The number of aromatic nitrogens is 20. The summed E-state index contributed by atoms with van der Waals surface area (Å²) in [6, 6.07) is 34.9. The molecule has 8 aliphatic rings. The lowest BCUT2D eigenvalue weighted by molar-refractivity contribution is 0.0577. The number of hydrogen-bond donors (Lipinski definition) is 1. The average molecular weight is 1850 g/mol. The van der Waals surface area contributed by atoms with Crippen LogP contribution in [0, 0.1) is 0 Å². The fourth-order valence-electron chi connectivity index (χ4n) is 18.4. The van der Waals surface area contributed by atoms with Crippen molar-refractivity contribution in [1.82, 2.24) is 98.2 Å². The predicted octanol–water partition coefficient (Wildman–Crippen LogP) is 20.7. The molecule has 0 unspecified atom stereocenters. The van der Waals surface area contributed by atoms with Crippen molar-refractivity contribution in [3.63, 3.8) is 0 Å². The Balaban J connectivity index is 0.000000109. The minimum atomic E-state index is -3.04. The van der Waals surface area contributed by atoms with Gasteiger partial charge < -0.3 is 43.0 Å². The third-order valence-corrected chi connectivity index (χ3v) is 27.6. The molecule has 16 aromatic rings. The maximum Gasteiger partial charge on any atom is 0.168 e. The van der Waals surface area contributed by atoms with Gasteiger partial charge in [0.25, 0.3) is 0 Å². The fraction of sp³-hybridized carbons (Fsp3) is 0.423. The number of rotatable bonds is 27. The molecule has 4 aliphatic heterocycles. The Morgan fingerprint density at radius 2 is 0.654 bits per heavy atom. The second-order valence-electron chi connectivity index (χ2n) is 38.2. The van der Waals surface area contributed by atoms with Gasteiger partial charge in [-0.05, 0) is 232 Å². The number of nitrogens with zero attached hydrogens (tertiary/aromatic N) is 20. The monoisotopic (exact) mass is 1850 g/mol. The van der Waals surface area contributed by atoms with Gasteiger partial charge in [-0.3, -0.25) is 57.4 Å². The first-order chi connectivity index (χ1) is 66.3. The van der Waals surface area contributed by atoms with Crippen molar-refractivity contribution >= 4 is 53.4 Å². The van der Waals surface area contributed by atoms with E-state index >= 15 is 0 Å². The molecule has 0 amide bonds. The SMILES string of the molecule is CC(C)(O)Cn1cc(-c2ccc3c(Oc4cn(C5CC5)nc4C4CCOCC4)ccnc3c2)cn1.CC(C)n1cc(-c2ccc3c(Oc4cn(C5CC5)nc4C4CCOCC4)ccnc3c2)cn1.CCn1cc(-c2ccc3c(Oc4cn(C5CC5)nc4C4CCOCC4)ccnc3c2)cn1.CS(=O)(=O)CCn1cc(-c2ccc3c(Oc4cn(C5CC5)nc4C4CCOCC4)ccnc3c2)cn1. The summed E-state index contributed by atoms with van der Waals surface area (Å²) in [6.45, 7) is 17.7. The largest absolute Gasteiger partial charge is 0.453 e. The Morgan fingerprint density at radius 1 is 0.368 bits per heavy atom. The first kappa shape index (κ1) is 89.7. The van der Waals surface area contributed by atoms with E-state index in [1.165, 1.54) is 57.6 Å².